The van der Waals surface area contributed by atoms with Crippen molar-refractivity contribution in [3.8, 4) is 5.75 Å². The van der Waals surface area contributed by atoms with Crippen LogP contribution >= 0.6 is 12.4 Å². The van der Waals surface area contributed by atoms with Gasteiger partial charge in [0.15, 0.2) is 0 Å². The van der Waals surface area contributed by atoms with Crippen LogP contribution in [0.2, 0.25) is 0 Å². The number of nitrogens with two attached hydrogens (primary N) is 1. The lowest BCUT2D eigenvalue weighted by atomic mass is 10.2. The monoisotopic (exact) mass is 334 g/mol. The predicted molar refractivity (Wildman–Crippen MR) is 85.9 cm³/mol. The van der Waals surface area contributed by atoms with Crippen LogP contribution in [-0.2, 0) is 9.53 Å². The van der Waals surface area contributed by atoms with Gasteiger partial charge in [-0.15, -0.1) is 12.4 Å². The molecule has 0 aromatic heterocycles. The topological polar surface area (TPSA) is 73.6 Å². The lowest BCUT2D eigenvalue weighted by Crippen LogP contribution is -2.32. The van der Waals surface area contributed by atoms with Crippen molar-refractivity contribution in [2.45, 2.75) is 25.4 Å². The lowest BCUT2D eigenvalue weighted by Gasteiger charge is -2.12. The molecule has 0 spiro atoms. The van der Waals surface area contributed by atoms with E-state index in [0.717, 1.165) is 12.8 Å². The molecule has 1 rings (SSSR count). The van der Waals surface area contributed by atoms with Crippen LogP contribution in [0.4, 0.5) is 4.39 Å². The van der Waals surface area contributed by atoms with E-state index < -0.39 is 0 Å². The Morgan fingerprint density at radius 1 is 1.32 bits per heavy atom. The largest absolute Gasteiger partial charge is 0.494 e. The van der Waals surface area contributed by atoms with Gasteiger partial charge in [0.1, 0.15) is 11.6 Å². The van der Waals surface area contributed by atoms with Crippen LogP contribution in [-0.4, -0.2) is 38.8 Å². The predicted octanol–water partition coefficient (Wildman–Crippen LogP) is 1.89. The van der Waals surface area contributed by atoms with Crippen molar-refractivity contribution < 1.29 is 18.7 Å². The highest BCUT2D eigenvalue weighted by Crippen LogP contribution is 2.11. The number of hydrogen-bond donors (Lipinski definition) is 2. The molecule has 22 heavy (non-hydrogen) atoms. The Balaban J connectivity index is 0.00000441. The summed E-state index contributed by atoms with van der Waals surface area (Å²) in [6.45, 7) is 1.45. The molecule has 3 N–H and O–H groups in total. The fourth-order valence-electron chi connectivity index (χ4n) is 1.72. The summed E-state index contributed by atoms with van der Waals surface area (Å²) in [5, 5.41) is 2.81. The van der Waals surface area contributed by atoms with E-state index in [1.165, 1.54) is 19.2 Å². The number of nitrogens with one attached hydrogen (secondary N) is 1. The van der Waals surface area contributed by atoms with Crippen molar-refractivity contribution in [2.24, 2.45) is 5.73 Å². The van der Waals surface area contributed by atoms with Gasteiger partial charge in [0, 0.05) is 20.2 Å². The van der Waals surface area contributed by atoms with Gasteiger partial charge in [-0.25, -0.2) is 4.39 Å². The number of hydrogen-bond acceptors (Lipinski definition) is 4. The van der Waals surface area contributed by atoms with Crippen LogP contribution in [0.3, 0.4) is 0 Å². The summed E-state index contributed by atoms with van der Waals surface area (Å²) < 4.78 is 23.2. The maximum absolute atomic E-state index is 12.7. The first kappa shape index (κ1) is 20.6. The molecule has 1 aromatic carbocycles. The Morgan fingerprint density at radius 2 is 2.00 bits per heavy atom. The minimum absolute atomic E-state index is 0. The SMILES string of the molecule is COC(CN)CC(=O)NCCCCOc1ccc(F)cc1.Cl. The molecule has 126 valence electrons. The Morgan fingerprint density at radius 3 is 2.59 bits per heavy atom. The molecule has 0 saturated carbocycles. The van der Waals surface area contributed by atoms with Crippen molar-refractivity contribution in [1.82, 2.24) is 5.32 Å². The summed E-state index contributed by atoms with van der Waals surface area (Å²) in [5.41, 5.74) is 5.45. The smallest absolute Gasteiger partial charge is 0.222 e. The second-order valence-corrected chi connectivity index (χ2v) is 4.66. The van der Waals surface area contributed by atoms with E-state index in [0.29, 0.717) is 25.4 Å². The zero-order valence-electron chi connectivity index (χ0n) is 12.7. The number of unbranched alkanes of at least 4 members (excludes halogenated alkanes) is 1. The van der Waals surface area contributed by atoms with E-state index in [1.54, 1.807) is 12.1 Å². The molecular formula is C15H24ClFN2O3. The quantitative estimate of drug-likeness (QED) is 0.641. The Hall–Kier alpha value is -1.37. The van der Waals surface area contributed by atoms with Crippen LogP contribution in [0, 0.1) is 5.82 Å². The molecule has 0 fully saturated rings. The number of halogens is 2. The first-order valence-electron chi connectivity index (χ1n) is 7.03. The number of rotatable bonds is 10. The molecule has 7 heteroatoms. The van der Waals surface area contributed by atoms with Gasteiger partial charge in [0.2, 0.25) is 5.91 Å². The van der Waals surface area contributed by atoms with Crippen molar-refractivity contribution in [3.05, 3.63) is 30.1 Å². The molecule has 0 heterocycles. The van der Waals surface area contributed by atoms with Gasteiger partial charge in [-0.05, 0) is 37.1 Å². The summed E-state index contributed by atoms with van der Waals surface area (Å²) in [6, 6.07) is 5.90. The van der Waals surface area contributed by atoms with Crippen LogP contribution in [0.1, 0.15) is 19.3 Å². The van der Waals surface area contributed by atoms with Crippen LogP contribution in [0.25, 0.3) is 0 Å². The fraction of sp³-hybridized carbons (Fsp3) is 0.533. The molecule has 5 nitrogen and oxygen atoms in total. The highest BCUT2D eigenvalue weighted by molar-refractivity contribution is 5.85. The molecule has 0 saturated heterocycles. The molecule has 1 aromatic rings. The first-order chi connectivity index (χ1) is 10.2. The third-order valence-corrected chi connectivity index (χ3v) is 2.98. The van der Waals surface area contributed by atoms with Crippen LogP contribution in [0.15, 0.2) is 24.3 Å². The van der Waals surface area contributed by atoms with E-state index in [2.05, 4.69) is 5.32 Å². The summed E-state index contributed by atoms with van der Waals surface area (Å²) in [5.74, 6) is 0.301. The van der Waals surface area contributed by atoms with Crippen molar-refractivity contribution >= 4 is 18.3 Å². The average molecular weight is 335 g/mol. The molecule has 0 aliphatic rings. The summed E-state index contributed by atoms with van der Waals surface area (Å²) in [6.07, 6.45) is 1.67. The maximum atomic E-state index is 12.7. The maximum Gasteiger partial charge on any atom is 0.222 e. The Bertz CT molecular complexity index is 414. The molecular weight excluding hydrogens is 311 g/mol. The average Bonchev–Trinajstić information content (AvgIpc) is 2.50. The minimum atomic E-state index is -0.281. The minimum Gasteiger partial charge on any atom is -0.494 e. The van der Waals surface area contributed by atoms with Crippen molar-refractivity contribution in [2.75, 3.05) is 26.8 Å². The first-order valence-corrected chi connectivity index (χ1v) is 7.03. The van der Waals surface area contributed by atoms with Gasteiger partial charge in [-0.2, -0.15) is 0 Å². The number of methoxy groups -OCH3 is 1. The van der Waals surface area contributed by atoms with Gasteiger partial charge in [0.05, 0.1) is 19.1 Å². The molecule has 0 bridgehead atoms. The van der Waals surface area contributed by atoms with Gasteiger partial charge in [-0.1, -0.05) is 0 Å². The van der Waals surface area contributed by atoms with Crippen molar-refractivity contribution in [1.29, 1.82) is 0 Å². The van der Waals surface area contributed by atoms with Gasteiger partial charge in [-0.3, -0.25) is 4.79 Å². The van der Waals surface area contributed by atoms with E-state index in [9.17, 15) is 9.18 Å². The molecule has 1 amide bonds. The summed E-state index contributed by atoms with van der Waals surface area (Å²) in [4.78, 5) is 11.5. The van der Waals surface area contributed by atoms with E-state index in [4.69, 9.17) is 15.2 Å². The lowest BCUT2D eigenvalue weighted by molar-refractivity contribution is -0.123. The summed E-state index contributed by atoms with van der Waals surface area (Å²) >= 11 is 0. The third-order valence-electron chi connectivity index (χ3n) is 2.98. The Labute approximate surface area is 136 Å². The van der Waals surface area contributed by atoms with Crippen LogP contribution in [0.5, 0.6) is 5.75 Å². The van der Waals surface area contributed by atoms with Gasteiger partial charge in [0.25, 0.3) is 0 Å². The number of carbonyl (C=O) groups is 1. The number of amides is 1. The summed E-state index contributed by atoms with van der Waals surface area (Å²) in [7, 11) is 1.54. The highest BCUT2D eigenvalue weighted by Gasteiger charge is 2.10. The van der Waals surface area contributed by atoms with Crippen molar-refractivity contribution in [3.63, 3.8) is 0 Å². The highest BCUT2D eigenvalue weighted by atomic mass is 35.5. The third kappa shape index (κ3) is 8.81. The normalized spacial score (nSPS) is 11.4. The second kappa shape index (κ2) is 12.2. The van der Waals surface area contributed by atoms with Crippen LogP contribution < -0.4 is 15.8 Å². The molecule has 0 aliphatic carbocycles. The van der Waals surface area contributed by atoms with E-state index in [1.807, 2.05) is 0 Å². The zero-order valence-corrected chi connectivity index (χ0v) is 13.5. The molecule has 1 atom stereocenters. The fourth-order valence-corrected chi connectivity index (χ4v) is 1.72. The zero-order chi connectivity index (χ0) is 15.5. The standard InChI is InChI=1S/C15H23FN2O3.ClH/c1-20-14(11-17)10-15(19)18-8-2-3-9-21-13-6-4-12(16)5-7-13;/h4-7,14H,2-3,8-11,17H2,1H3,(H,18,19);1H. The molecule has 1 unspecified atom stereocenters. The van der Waals surface area contributed by atoms with Gasteiger partial charge >= 0.3 is 0 Å². The number of benzene rings is 1. The number of carbonyl (C=O) groups excluding carboxylic acids is 1. The van der Waals surface area contributed by atoms with E-state index >= 15 is 0 Å². The Kier molecular flexibility index (Phi) is 11.4. The van der Waals surface area contributed by atoms with Gasteiger partial charge < -0.3 is 20.5 Å². The van der Waals surface area contributed by atoms with E-state index in [-0.39, 0.29) is 36.7 Å². The molecule has 0 aliphatic heterocycles. The number of ether oxygens (including phenoxy) is 2. The molecule has 0 radical (unpaired) electrons. The second-order valence-electron chi connectivity index (χ2n) is 4.66.